The summed E-state index contributed by atoms with van der Waals surface area (Å²) in [7, 11) is 0. The molecule has 2 aromatic carbocycles. The molecule has 26 heavy (non-hydrogen) atoms. The Morgan fingerprint density at radius 2 is 1.69 bits per heavy atom. The number of hydrogen-bond donors (Lipinski definition) is 2. The van der Waals surface area contributed by atoms with Gasteiger partial charge in [0.1, 0.15) is 5.75 Å². The zero-order valence-electron chi connectivity index (χ0n) is 14.5. The van der Waals surface area contributed by atoms with Crippen molar-refractivity contribution >= 4 is 17.5 Å². The van der Waals surface area contributed by atoms with E-state index < -0.39 is 12.5 Å². The first-order valence-corrected chi connectivity index (χ1v) is 8.16. The largest absolute Gasteiger partial charge is 0.435 e. The average Bonchev–Trinajstić information content (AvgIpc) is 2.62. The van der Waals surface area contributed by atoms with Crippen molar-refractivity contribution in [3.05, 3.63) is 59.7 Å². The van der Waals surface area contributed by atoms with E-state index in [0.717, 1.165) is 6.42 Å². The Morgan fingerprint density at radius 3 is 2.31 bits per heavy atom. The lowest BCUT2D eigenvalue weighted by atomic mass is 10.1. The van der Waals surface area contributed by atoms with Crippen LogP contribution in [0.1, 0.15) is 41.0 Å². The van der Waals surface area contributed by atoms with Crippen LogP contribution < -0.4 is 15.4 Å². The van der Waals surface area contributed by atoms with Gasteiger partial charge in [0.25, 0.3) is 11.8 Å². The molecular weight excluding hydrogens is 342 g/mol. The van der Waals surface area contributed by atoms with Gasteiger partial charge in [-0.25, -0.2) is 0 Å². The number of hydrogen-bond acceptors (Lipinski definition) is 3. The Labute approximate surface area is 150 Å². The maximum absolute atomic E-state index is 12.4. The predicted octanol–water partition coefficient (Wildman–Crippen LogP) is 4.07. The number of nitrogens with one attached hydrogen (secondary N) is 2. The molecule has 0 heterocycles. The summed E-state index contributed by atoms with van der Waals surface area (Å²) in [5.41, 5.74) is 0.966. The SMILES string of the molecule is CCC(C)NC(=O)c1ccccc1NC(=O)c1ccc(OC(F)F)cc1. The van der Waals surface area contributed by atoms with Crippen molar-refractivity contribution in [1.29, 1.82) is 0 Å². The fourth-order valence-corrected chi connectivity index (χ4v) is 2.18. The first kappa shape index (κ1) is 19.4. The zero-order valence-corrected chi connectivity index (χ0v) is 14.5. The van der Waals surface area contributed by atoms with E-state index >= 15 is 0 Å². The summed E-state index contributed by atoms with van der Waals surface area (Å²) < 4.78 is 28.6. The highest BCUT2D eigenvalue weighted by atomic mass is 19.3. The standard InChI is InChI=1S/C19H20F2N2O3/c1-3-12(2)22-18(25)15-6-4-5-7-16(15)23-17(24)13-8-10-14(11-9-13)26-19(20)21/h4-12,19H,3H2,1-2H3,(H,22,25)(H,23,24). The van der Waals surface area contributed by atoms with E-state index in [0.29, 0.717) is 11.3 Å². The molecule has 2 rings (SSSR count). The molecular formula is C19H20F2N2O3. The van der Waals surface area contributed by atoms with E-state index in [2.05, 4.69) is 15.4 Å². The van der Waals surface area contributed by atoms with Gasteiger partial charge in [-0.05, 0) is 49.7 Å². The molecule has 1 atom stereocenters. The minimum atomic E-state index is -2.93. The number of para-hydroxylation sites is 1. The van der Waals surface area contributed by atoms with Crippen molar-refractivity contribution in [2.75, 3.05) is 5.32 Å². The Morgan fingerprint density at radius 1 is 1.04 bits per heavy atom. The van der Waals surface area contributed by atoms with Crippen molar-refractivity contribution in [2.24, 2.45) is 0 Å². The molecule has 138 valence electrons. The van der Waals surface area contributed by atoms with Crippen LogP contribution in [0.25, 0.3) is 0 Å². The van der Waals surface area contributed by atoms with Crippen molar-refractivity contribution in [1.82, 2.24) is 5.32 Å². The molecule has 0 aliphatic carbocycles. The molecule has 0 fully saturated rings. The fraction of sp³-hybridized carbons (Fsp3) is 0.263. The van der Waals surface area contributed by atoms with E-state index in [1.807, 2.05) is 13.8 Å². The summed E-state index contributed by atoms with van der Waals surface area (Å²) in [6.07, 6.45) is 0.785. The van der Waals surface area contributed by atoms with Gasteiger partial charge in [0, 0.05) is 11.6 Å². The van der Waals surface area contributed by atoms with Crippen LogP contribution >= 0.6 is 0 Å². The first-order valence-electron chi connectivity index (χ1n) is 8.16. The van der Waals surface area contributed by atoms with Crippen LogP contribution in [-0.4, -0.2) is 24.5 Å². The van der Waals surface area contributed by atoms with Crippen LogP contribution in [0.5, 0.6) is 5.75 Å². The van der Waals surface area contributed by atoms with Crippen molar-refractivity contribution in [2.45, 2.75) is 32.9 Å². The van der Waals surface area contributed by atoms with Gasteiger partial charge in [0.2, 0.25) is 0 Å². The first-order chi connectivity index (χ1) is 12.4. The van der Waals surface area contributed by atoms with E-state index in [1.165, 1.54) is 24.3 Å². The van der Waals surface area contributed by atoms with Crippen LogP contribution in [0.15, 0.2) is 48.5 Å². The van der Waals surface area contributed by atoms with Crippen LogP contribution in [0.2, 0.25) is 0 Å². The Kier molecular flexibility index (Phi) is 6.66. The van der Waals surface area contributed by atoms with E-state index in [4.69, 9.17) is 0 Å². The second-order valence-corrected chi connectivity index (χ2v) is 5.69. The van der Waals surface area contributed by atoms with Gasteiger partial charge < -0.3 is 15.4 Å². The highest BCUT2D eigenvalue weighted by Gasteiger charge is 2.15. The molecule has 0 aromatic heterocycles. The van der Waals surface area contributed by atoms with E-state index in [-0.39, 0.29) is 23.3 Å². The molecule has 1 unspecified atom stereocenters. The molecule has 5 nitrogen and oxygen atoms in total. The minimum Gasteiger partial charge on any atom is -0.435 e. The minimum absolute atomic E-state index is 0.00800. The lowest BCUT2D eigenvalue weighted by Crippen LogP contribution is -2.32. The third kappa shape index (κ3) is 5.27. The van der Waals surface area contributed by atoms with E-state index in [1.54, 1.807) is 24.3 Å². The number of carbonyl (C=O) groups excluding carboxylic acids is 2. The highest BCUT2D eigenvalue weighted by molar-refractivity contribution is 6.09. The average molecular weight is 362 g/mol. The quantitative estimate of drug-likeness (QED) is 0.780. The van der Waals surface area contributed by atoms with Crippen molar-refractivity contribution in [3.8, 4) is 5.75 Å². The highest BCUT2D eigenvalue weighted by Crippen LogP contribution is 2.19. The van der Waals surface area contributed by atoms with Gasteiger partial charge in [-0.2, -0.15) is 8.78 Å². The maximum Gasteiger partial charge on any atom is 0.387 e. The molecule has 2 aromatic rings. The van der Waals surface area contributed by atoms with Gasteiger partial charge in [0.05, 0.1) is 11.3 Å². The Balaban J connectivity index is 2.13. The predicted molar refractivity (Wildman–Crippen MR) is 94.7 cm³/mol. The van der Waals surface area contributed by atoms with Crippen LogP contribution in [0.3, 0.4) is 0 Å². The summed E-state index contributed by atoms with van der Waals surface area (Å²) in [6.45, 7) is 0.924. The van der Waals surface area contributed by atoms with Gasteiger partial charge in [-0.1, -0.05) is 19.1 Å². The Bertz CT molecular complexity index is 764. The fourth-order valence-electron chi connectivity index (χ4n) is 2.18. The summed E-state index contributed by atoms with van der Waals surface area (Å²) in [4.78, 5) is 24.7. The molecule has 0 saturated carbocycles. The molecule has 2 N–H and O–H groups in total. The number of halogens is 2. The molecule has 7 heteroatoms. The number of ether oxygens (including phenoxy) is 1. The summed E-state index contributed by atoms with van der Waals surface area (Å²) in [6, 6.07) is 12.0. The smallest absolute Gasteiger partial charge is 0.387 e. The van der Waals surface area contributed by atoms with Crippen LogP contribution in [0, 0.1) is 0 Å². The number of alkyl halides is 2. The van der Waals surface area contributed by atoms with Crippen LogP contribution in [-0.2, 0) is 0 Å². The summed E-state index contributed by atoms with van der Waals surface area (Å²) in [5, 5.41) is 5.52. The van der Waals surface area contributed by atoms with Gasteiger partial charge in [-0.15, -0.1) is 0 Å². The van der Waals surface area contributed by atoms with Crippen molar-refractivity contribution in [3.63, 3.8) is 0 Å². The molecule has 0 spiro atoms. The molecule has 2 amide bonds. The van der Waals surface area contributed by atoms with Crippen molar-refractivity contribution < 1.29 is 23.1 Å². The molecule has 0 bridgehead atoms. The second-order valence-electron chi connectivity index (χ2n) is 5.69. The topological polar surface area (TPSA) is 67.4 Å². The lowest BCUT2D eigenvalue weighted by molar-refractivity contribution is -0.0498. The lowest BCUT2D eigenvalue weighted by Gasteiger charge is -2.14. The van der Waals surface area contributed by atoms with Crippen LogP contribution in [0.4, 0.5) is 14.5 Å². The zero-order chi connectivity index (χ0) is 19.1. The third-order valence-electron chi connectivity index (χ3n) is 3.75. The molecule has 0 aliphatic heterocycles. The number of anilines is 1. The normalized spacial score (nSPS) is 11.7. The maximum atomic E-state index is 12.4. The molecule has 0 radical (unpaired) electrons. The number of rotatable bonds is 7. The number of carbonyl (C=O) groups is 2. The number of benzene rings is 2. The second kappa shape index (κ2) is 8.94. The molecule has 0 saturated heterocycles. The van der Waals surface area contributed by atoms with Gasteiger partial charge in [-0.3, -0.25) is 9.59 Å². The summed E-state index contributed by atoms with van der Waals surface area (Å²) in [5.74, 6) is -0.779. The van der Waals surface area contributed by atoms with Gasteiger partial charge >= 0.3 is 6.61 Å². The number of amides is 2. The summed E-state index contributed by atoms with van der Waals surface area (Å²) >= 11 is 0. The van der Waals surface area contributed by atoms with Gasteiger partial charge in [0.15, 0.2) is 0 Å². The monoisotopic (exact) mass is 362 g/mol. The molecule has 0 aliphatic rings. The Hall–Kier alpha value is -2.96. The third-order valence-corrected chi connectivity index (χ3v) is 3.75. The van der Waals surface area contributed by atoms with E-state index in [9.17, 15) is 18.4 Å².